The van der Waals surface area contributed by atoms with Crippen molar-refractivity contribution in [3.05, 3.63) is 0 Å². The molecule has 0 radical (unpaired) electrons. The van der Waals surface area contributed by atoms with Gasteiger partial charge in [-0.1, -0.05) is 10.3 Å². The molecule has 0 aliphatic carbocycles. The summed E-state index contributed by atoms with van der Waals surface area (Å²) in [7, 11) is 0. The Morgan fingerprint density at radius 1 is 1.27 bits per heavy atom. The first-order valence-corrected chi connectivity index (χ1v) is 3.14. The molecule has 4 N–H and O–H groups in total. The maximum Gasteiger partial charge on any atom is 0.123 e. The highest BCUT2D eigenvalue weighted by molar-refractivity contribution is 6.44. The standard InChI is InChI=1S/C6H13N3O2/c1-4(8-10)5(9-11)6(2,3)7/h10-11H,7H2,1-3H3/b8-4+,9-5-. The summed E-state index contributed by atoms with van der Waals surface area (Å²) < 4.78 is 0. The molecule has 0 amide bonds. The quantitative estimate of drug-likeness (QED) is 0.309. The molecule has 0 heterocycles. The van der Waals surface area contributed by atoms with Crippen LogP contribution in [0.5, 0.6) is 0 Å². The second-order valence-electron chi connectivity index (χ2n) is 2.86. The molecule has 0 unspecified atom stereocenters. The Balaban J connectivity index is 4.73. The summed E-state index contributed by atoms with van der Waals surface area (Å²) >= 11 is 0. The normalized spacial score (nSPS) is 15.3. The Bertz CT molecular complexity index is 190. The fourth-order valence-corrected chi connectivity index (χ4v) is 0.715. The van der Waals surface area contributed by atoms with Crippen LogP contribution in [0.4, 0.5) is 0 Å². The Morgan fingerprint density at radius 2 is 1.73 bits per heavy atom. The molecule has 0 rings (SSSR count). The molecule has 0 atom stereocenters. The number of hydrogen-bond donors (Lipinski definition) is 3. The lowest BCUT2D eigenvalue weighted by Crippen LogP contribution is -2.45. The van der Waals surface area contributed by atoms with Crippen molar-refractivity contribution >= 4 is 11.4 Å². The van der Waals surface area contributed by atoms with E-state index in [4.69, 9.17) is 16.1 Å². The van der Waals surface area contributed by atoms with Crippen LogP contribution in [0.25, 0.3) is 0 Å². The summed E-state index contributed by atoms with van der Waals surface area (Å²) in [5.41, 5.74) is 5.16. The van der Waals surface area contributed by atoms with Gasteiger partial charge in [0.2, 0.25) is 0 Å². The van der Waals surface area contributed by atoms with Gasteiger partial charge in [-0.3, -0.25) is 0 Å². The molecule has 0 aliphatic heterocycles. The van der Waals surface area contributed by atoms with Crippen molar-refractivity contribution in [1.29, 1.82) is 0 Å². The molecule has 11 heavy (non-hydrogen) atoms. The van der Waals surface area contributed by atoms with Crippen LogP contribution in [0.15, 0.2) is 10.3 Å². The van der Waals surface area contributed by atoms with Gasteiger partial charge in [-0.25, -0.2) is 0 Å². The summed E-state index contributed by atoms with van der Waals surface area (Å²) in [6.45, 7) is 4.80. The molecule has 0 aromatic heterocycles. The lowest BCUT2D eigenvalue weighted by atomic mass is 9.97. The average Bonchev–Trinajstić information content (AvgIpc) is 1.86. The Hall–Kier alpha value is -1.10. The first kappa shape index (κ1) is 9.90. The van der Waals surface area contributed by atoms with Crippen LogP contribution < -0.4 is 5.73 Å². The second-order valence-corrected chi connectivity index (χ2v) is 2.86. The summed E-state index contributed by atoms with van der Waals surface area (Å²) in [4.78, 5) is 0. The van der Waals surface area contributed by atoms with Crippen LogP contribution in [-0.4, -0.2) is 27.4 Å². The molecule has 0 saturated carbocycles. The van der Waals surface area contributed by atoms with Crippen LogP contribution >= 0.6 is 0 Å². The van der Waals surface area contributed by atoms with Gasteiger partial charge in [0.25, 0.3) is 0 Å². The van der Waals surface area contributed by atoms with E-state index in [2.05, 4.69) is 10.3 Å². The van der Waals surface area contributed by atoms with E-state index < -0.39 is 5.54 Å². The Kier molecular flexibility index (Phi) is 3.00. The highest BCUT2D eigenvalue weighted by atomic mass is 16.4. The van der Waals surface area contributed by atoms with E-state index in [0.717, 1.165) is 0 Å². The van der Waals surface area contributed by atoms with E-state index in [1.165, 1.54) is 6.92 Å². The molecule has 0 aliphatic rings. The van der Waals surface area contributed by atoms with Gasteiger partial charge in [-0.05, 0) is 20.8 Å². The molecular weight excluding hydrogens is 146 g/mol. The zero-order chi connectivity index (χ0) is 9.07. The summed E-state index contributed by atoms with van der Waals surface area (Å²) in [6, 6.07) is 0. The third-order valence-corrected chi connectivity index (χ3v) is 1.20. The van der Waals surface area contributed by atoms with E-state index in [0.29, 0.717) is 0 Å². The molecule has 0 saturated heterocycles. The molecule has 5 nitrogen and oxygen atoms in total. The van der Waals surface area contributed by atoms with Crippen LogP contribution in [0.3, 0.4) is 0 Å². The predicted octanol–water partition coefficient (Wildman–Crippen LogP) is 0.404. The van der Waals surface area contributed by atoms with Crippen molar-refractivity contribution in [2.45, 2.75) is 26.3 Å². The fraction of sp³-hybridized carbons (Fsp3) is 0.667. The van der Waals surface area contributed by atoms with Crippen molar-refractivity contribution in [3.8, 4) is 0 Å². The van der Waals surface area contributed by atoms with Gasteiger partial charge in [0.05, 0.1) is 5.54 Å². The van der Waals surface area contributed by atoms with Gasteiger partial charge in [0, 0.05) is 0 Å². The van der Waals surface area contributed by atoms with Gasteiger partial charge < -0.3 is 16.1 Å². The maximum absolute atomic E-state index is 8.48. The third-order valence-electron chi connectivity index (χ3n) is 1.20. The van der Waals surface area contributed by atoms with Gasteiger partial charge in [-0.15, -0.1) is 0 Å². The van der Waals surface area contributed by atoms with E-state index in [-0.39, 0.29) is 11.4 Å². The smallest absolute Gasteiger partial charge is 0.123 e. The zero-order valence-electron chi connectivity index (χ0n) is 6.87. The SMILES string of the molecule is CC(=N\O)/C(=N/O)C(C)(C)N. The predicted molar refractivity (Wildman–Crippen MR) is 42.4 cm³/mol. The second kappa shape index (κ2) is 3.34. The van der Waals surface area contributed by atoms with E-state index in [9.17, 15) is 0 Å². The number of nitrogens with zero attached hydrogens (tertiary/aromatic N) is 2. The number of nitrogens with two attached hydrogens (primary N) is 1. The van der Waals surface area contributed by atoms with E-state index in [1.807, 2.05) is 0 Å². The van der Waals surface area contributed by atoms with Crippen LogP contribution in [0.2, 0.25) is 0 Å². The third kappa shape index (κ3) is 2.55. The summed E-state index contributed by atoms with van der Waals surface area (Å²) in [5, 5.41) is 22.6. The van der Waals surface area contributed by atoms with Gasteiger partial charge in [-0.2, -0.15) is 0 Å². The van der Waals surface area contributed by atoms with Crippen molar-refractivity contribution < 1.29 is 10.4 Å². The largest absolute Gasteiger partial charge is 0.411 e. The van der Waals surface area contributed by atoms with E-state index >= 15 is 0 Å². The van der Waals surface area contributed by atoms with Crippen molar-refractivity contribution in [3.63, 3.8) is 0 Å². The molecular formula is C6H13N3O2. The lowest BCUT2D eigenvalue weighted by molar-refractivity contribution is 0.310. The van der Waals surface area contributed by atoms with Crippen molar-refractivity contribution in [2.75, 3.05) is 0 Å². The minimum atomic E-state index is -0.801. The molecule has 0 aromatic carbocycles. The number of hydrogen-bond acceptors (Lipinski definition) is 5. The number of rotatable bonds is 2. The molecule has 5 heteroatoms. The molecule has 0 fully saturated rings. The topological polar surface area (TPSA) is 91.2 Å². The Labute approximate surface area is 65.2 Å². The Morgan fingerprint density at radius 3 is 1.82 bits per heavy atom. The lowest BCUT2D eigenvalue weighted by Gasteiger charge is -2.18. The van der Waals surface area contributed by atoms with Gasteiger partial charge in [0.1, 0.15) is 11.4 Å². The molecule has 0 spiro atoms. The van der Waals surface area contributed by atoms with Gasteiger partial charge >= 0.3 is 0 Å². The van der Waals surface area contributed by atoms with Gasteiger partial charge in [0.15, 0.2) is 0 Å². The first-order valence-electron chi connectivity index (χ1n) is 3.14. The minimum absolute atomic E-state index is 0.167. The van der Waals surface area contributed by atoms with Crippen molar-refractivity contribution in [2.24, 2.45) is 16.0 Å². The summed E-state index contributed by atoms with van der Waals surface area (Å²) in [5.74, 6) is 0. The fourth-order valence-electron chi connectivity index (χ4n) is 0.715. The first-order chi connectivity index (χ1) is 4.93. The molecule has 0 aromatic rings. The monoisotopic (exact) mass is 159 g/mol. The van der Waals surface area contributed by atoms with Crippen LogP contribution in [0, 0.1) is 0 Å². The zero-order valence-corrected chi connectivity index (χ0v) is 6.87. The van der Waals surface area contributed by atoms with Crippen LogP contribution in [-0.2, 0) is 0 Å². The highest BCUT2D eigenvalue weighted by Crippen LogP contribution is 2.02. The maximum atomic E-state index is 8.48. The summed E-state index contributed by atoms with van der Waals surface area (Å²) in [6.07, 6.45) is 0. The average molecular weight is 159 g/mol. The molecule has 0 bridgehead atoms. The van der Waals surface area contributed by atoms with Crippen molar-refractivity contribution in [1.82, 2.24) is 0 Å². The minimum Gasteiger partial charge on any atom is -0.411 e. The van der Waals surface area contributed by atoms with Crippen LogP contribution in [0.1, 0.15) is 20.8 Å². The highest BCUT2D eigenvalue weighted by Gasteiger charge is 2.23. The van der Waals surface area contributed by atoms with E-state index in [1.54, 1.807) is 13.8 Å². The molecule has 64 valence electrons. The number of oxime groups is 2.